The second-order valence-corrected chi connectivity index (χ2v) is 5.31. The van der Waals surface area contributed by atoms with Crippen LogP contribution < -0.4 is 16.0 Å². The molecule has 0 saturated carbocycles. The number of anilines is 3. The van der Waals surface area contributed by atoms with Gasteiger partial charge in [0.05, 0.1) is 11.4 Å². The van der Waals surface area contributed by atoms with Crippen molar-refractivity contribution in [2.45, 2.75) is 6.92 Å². The van der Waals surface area contributed by atoms with Gasteiger partial charge < -0.3 is 16.0 Å². The Morgan fingerprint density at radius 1 is 1.38 bits per heavy atom. The number of amides is 1. The van der Waals surface area contributed by atoms with Crippen LogP contribution in [0.15, 0.2) is 36.4 Å². The first-order valence-corrected chi connectivity index (χ1v) is 6.90. The Bertz CT molecular complexity index is 744. The topological polar surface area (TPSA) is 71.2 Å². The van der Waals surface area contributed by atoms with Crippen molar-refractivity contribution >= 4 is 40.3 Å². The predicted octanol–water partition coefficient (Wildman–Crippen LogP) is 2.11. The highest BCUT2D eigenvalue weighted by molar-refractivity contribution is 7.80. The van der Waals surface area contributed by atoms with Crippen LogP contribution >= 0.6 is 12.2 Å². The van der Waals surface area contributed by atoms with Crippen molar-refractivity contribution in [1.29, 1.82) is 0 Å². The Balaban J connectivity index is 2.12. The van der Waals surface area contributed by atoms with Crippen LogP contribution in [0.25, 0.3) is 0 Å². The molecule has 3 N–H and O–H groups in total. The molecule has 0 fully saturated rings. The summed E-state index contributed by atoms with van der Waals surface area (Å²) in [7, 11) is 0. The van der Waals surface area contributed by atoms with Gasteiger partial charge in [-0.05, 0) is 31.2 Å². The van der Waals surface area contributed by atoms with Gasteiger partial charge in [-0.3, -0.25) is 4.79 Å². The number of hydrogen-bond donors (Lipinski definition) is 2. The Morgan fingerprint density at radius 2 is 2.14 bits per heavy atom. The largest absolute Gasteiger partial charge is 0.389 e. The smallest absolute Gasteiger partial charge is 0.244 e. The molecule has 0 radical (unpaired) electrons. The van der Waals surface area contributed by atoms with Crippen molar-refractivity contribution in [3.63, 3.8) is 0 Å². The minimum absolute atomic E-state index is 0.0751. The second-order valence-electron chi connectivity index (χ2n) is 4.87. The molecule has 21 heavy (non-hydrogen) atoms. The molecule has 3 rings (SSSR count). The standard InChI is InChI=1S/C15H14N4OS/c1-9-6-10(15(16)21)7-13(17-9)19-8-14(20)18-11-4-2-3-5-12(11)19/h2-7H,8H2,1H3,(H2,16,21)(H,18,20). The summed E-state index contributed by atoms with van der Waals surface area (Å²) in [6.07, 6.45) is 0. The van der Waals surface area contributed by atoms with E-state index in [0.717, 1.165) is 22.6 Å². The summed E-state index contributed by atoms with van der Waals surface area (Å²) in [6, 6.07) is 11.3. The molecule has 1 aromatic heterocycles. The highest BCUT2D eigenvalue weighted by Gasteiger charge is 2.24. The summed E-state index contributed by atoms with van der Waals surface area (Å²) in [6.45, 7) is 2.09. The van der Waals surface area contributed by atoms with Crippen molar-refractivity contribution in [3.8, 4) is 0 Å². The Hall–Kier alpha value is -2.47. The fourth-order valence-corrected chi connectivity index (χ4v) is 2.49. The van der Waals surface area contributed by atoms with Crippen LogP contribution in [0.5, 0.6) is 0 Å². The molecule has 2 heterocycles. The van der Waals surface area contributed by atoms with E-state index in [-0.39, 0.29) is 12.5 Å². The molecule has 0 atom stereocenters. The third kappa shape index (κ3) is 2.57. The number of carbonyl (C=O) groups is 1. The van der Waals surface area contributed by atoms with Gasteiger partial charge in [0.1, 0.15) is 17.4 Å². The van der Waals surface area contributed by atoms with E-state index in [9.17, 15) is 4.79 Å². The maximum Gasteiger partial charge on any atom is 0.244 e. The van der Waals surface area contributed by atoms with E-state index >= 15 is 0 Å². The zero-order valence-corrected chi connectivity index (χ0v) is 12.3. The number of rotatable bonds is 2. The van der Waals surface area contributed by atoms with Crippen molar-refractivity contribution in [2.24, 2.45) is 5.73 Å². The van der Waals surface area contributed by atoms with Crippen LogP contribution in [-0.2, 0) is 4.79 Å². The molecule has 0 spiro atoms. The maximum atomic E-state index is 11.9. The number of hydrogen-bond acceptors (Lipinski definition) is 4. The first-order chi connectivity index (χ1) is 10.0. The molecule has 1 aliphatic rings. The van der Waals surface area contributed by atoms with Gasteiger partial charge in [-0.2, -0.15) is 0 Å². The number of nitrogens with zero attached hydrogens (tertiary/aromatic N) is 2. The van der Waals surface area contributed by atoms with Crippen LogP contribution in [0.2, 0.25) is 0 Å². The average Bonchev–Trinajstić information content (AvgIpc) is 2.45. The normalized spacial score (nSPS) is 13.6. The van der Waals surface area contributed by atoms with Crippen LogP contribution in [0.3, 0.4) is 0 Å². The van der Waals surface area contributed by atoms with Crippen LogP contribution in [0.1, 0.15) is 11.3 Å². The fraction of sp³-hybridized carbons (Fsp3) is 0.133. The average molecular weight is 298 g/mol. The summed E-state index contributed by atoms with van der Waals surface area (Å²) < 4.78 is 0. The summed E-state index contributed by atoms with van der Waals surface area (Å²) >= 11 is 5.04. The lowest BCUT2D eigenvalue weighted by Crippen LogP contribution is -2.35. The Kier molecular flexibility index (Phi) is 3.31. The number of para-hydroxylation sites is 2. The molecular weight excluding hydrogens is 284 g/mol. The summed E-state index contributed by atoms with van der Waals surface area (Å²) in [4.78, 5) is 18.6. The minimum atomic E-state index is -0.0751. The zero-order chi connectivity index (χ0) is 15.0. The molecule has 0 saturated heterocycles. The van der Waals surface area contributed by atoms with Gasteiger partial charge in [-0.1, -0.05) is 24.4 Å². The van der Waals surface area contributed by atoms with E-state index in [2.05, 4.69) is 10.3 Å². The second kappa shape index (κ2) is 5.14. The van der Waals surface area contributed by atoms with Crippen LogP contribution in [-0.4, -0.2) is 22.4 Å². The molecule has 1 aromatic carbocycles. The maximum absolute atomic E-state index is 11.9. The number of carbonyl (C=O) groups excluding carboxylic acids is 1. The fourth-order valence-electron chi connectivity index (χ4n) is 2.37. The highest BCUT2D eigenvalue weighted by atomic mass is 32.1. The van der Waals surface area contributed by atoms with Gasteiger partial charge in [0.2, 0.25) is 5.91 Å². The number of aryl methyl sites for hydroxylation is 1. The van der Waals surface area contributed by atoms with Crippen molar-refractivity contribution in [2.75, 3.05) is 16.8 Å². The number of pyridine rings is 1. The lowest BCUT2D eigenvalue weighted by molar-refractivity contribution is -0.115. The third-order valence-corrected chi connectivity index (χ3v) is 3.51. The number of thiocarbonyl (C=S) groups is 1. The molecule has 1 amide bonds. The Morgan fingerprint density at radius 3 is 2.90 bits per heavy atom. The first kappa shape index (κ1) is 13.5. The van der Waals surface area contributed by atoms with Crippen LogP contribution in [0, 0.1) is 6.92 Å². The quantitative estimate of drug-likeness (QED) is 0.831. The lowest BCUT2D eigenvalue weighted by atomic mass is 10.1. The molecule has 1 aliphatic heterocycles. The molecule has 0 bridgehead atoms. The lowest BCUT2D eigenvalue weighted by Gasteiger charge is -2.30. The Labute approximate surface area is 127 Å². The minimum Gasteiger partial charge on any atom is -0.389 e. The van der Waals surface area contributed by atoms with Gasteiger partial charge >= 0.3 is 0 Å². The van der Waals surface area contributed by atoms with Crippen molar-refractivity contribution < 1.29 is 4.79 Å². The van der Waals surface area contributed by atoms with Gasteiger partial charge in [0.25, 0.3) is 0 Å². The van der Waals surface area contributed by atoms with E-state index < -0.39 is 0 Å². The van der Waals surface area contributed by atoms with E-state index in [1.807, 2.05) is 48.2 Å². The van der Waals surface area contributed by atoms with E-state index in [4.69, 9.17) is 18.0 Å². The SMILES string of the molecule is Cc1cc(C(N)=S)cc(N2CC(=O)Nc3ccccc32)n1. The van der Waals surface area contributed by atoms with Crippen molar-refractivity contribution in [1.82, 2.24) is 4.98 Å². The molecule has 0 aliphatic carbocycles. The van der Waals surface area contributed by atoms with E-state index in [1.54, 1.807) is 0 Å². The van der Waals surface area contributed by atoms with Gasteiger partial charge in [-0.25, -0.2) is 4.98 Å². The monoisotopic (exact) mass is 298 g/mol. The molecule has 106 valence electrons. The third-order valence-electron chi connectivity index (χ3n) is 3.27. The van der Waals surface area contributed by atoms with Gasteiger partial charge in [0, 0.05) is 11.3 Å². The number of nitrogens with one attached hydrogen (secondary N) is 1. The molecule has 0 unspecified atom stereocenters. The zero-order valence-electron chi connectivity index (χ0n) is 11.5. The molecule has 5 nitrogen and oxygen atoms in total. The molecule has 2 aromatic rings. The van der Waals surface area contributed by atoms with E-state index in [1.165, 1.54) is 0 Å². The summed E-state index contributed by atoms with van der Waals surface area (Å²) in [5.41, 5.74) is 8.94. The van der Waals surface area contributed by atoms with Crippen LogP contribution in [0.4, 0.5) is 17.2 Å². The molecular formula is C15H14N4OS. The number of fused-ring (bicyclic) bond motifs is 1. The number of benzene rings is 1. The number of aromatic nitrogens is 1. The summed E-state index contributed by atoms with van der Waals surface area (Å²) in [5, 5.41) is 2.85. The van der Waals surface area contributed by atoms with Crippen molar-refractivity contribution in [3.05, 3.63) is 47.7 Å². The van der Waals surface area contributed by atoms with E-state index in [0.29, 0.717) is 10.8 Å². The number of nitrogens with two attached hydrogens (primary N) is 1. The summed E-state index contributed by atoms with van der Waals surface area (Å²) in [5.74, 6) is 0.592. The first-order valence-electron chi connectivity index (χ1n) is 6.49. The predicted molar refractivity (Wildman–Crippen MR) is 86.9 cm³/mol. The van der Waals surface area contributed by atoms with Gasteiger partial charge in [-0.15, -0.1) is 0 Å². The molecule has 6 heteroatoms. The highest BCUT2D eigenvalue weighted by Crippen LogP contribution is 2.34. The van der Waals surface area contributed by atoms with Gasteiger partial charge in [0.15, 0.2) is 0 Å².